The predicted molar refractivity (Wildman–Crippen MR) is 75.5 cm³/mol. The van der Waals surface area contributed by atoms with Crippen LogP contribution in [-0.2, 0) is 0 Å². The maximum Gasteiger partial charge on any atom is 0.305 e. The number of nitro groups is 1. The van der Waals surface area contributed by atoms with Crippen LogP contribution in [-0.4, -0.2) is 28.6 Å². The molecule has 1 rings (SSSR count). The molecule has 1 aromatic carbocycles. The van der Waals surface area contributed by atoms with Gasteiger partial charge in [0.15, 0.2) is 0 Å². The molecule has 0 spiro atoms. The van der Waals surface area contributed by atoms with E-state index in [1.165, 1.54) is 6.07 Å². The molecule has 0 bridgehead atoms. The summed E-state index contributed by atoms with van der Waals surface area (Å²) < 4.78 is 13.2. The standard InChI is InChI=1S/C14H19FN2O4/c1-3-9(4-2)13(18)8-16-14(19)10-5-6-11(15)12(7-10)17(20)21/h5-7,9,13,18H,3-4,8H2,1-2H3,(H,16,19). The first-order valence-corrected chi connectivity index (χ1v) is 6.80. The van der Waals surface area contributed by atoms with E-state index in [1.807, 2.05) is 13.8 Å². The highest BCUT2D eigenvalue weighted by Crippen LogP contribution is 2.18. The topological polar surface area (TPSA) is 92.5 Å². The summed E-state index contributed by atoms with van der Waals surface area (Å²) in [6.45, 7) is 3.95. The van der Waals surface area contributed by atoms with E-state index < -0.39 is 28.4 Å². The average Bonchev–Trinajstić information content (AvgIpc) is 2.46. The zero-order valence-electron chi connectivity index (χ0n) is 12.0. The van der Waals surface area contributed by atoms with Crippen molar-refractivity contribution in [2.24, 2.45) is 5.92 Å². The van der Waals surface area contributed by atoms with Gasteiger partial charge in [-0.1, -0.05) is 26.7 Å². The Morgan fingerprint density at radius 3 is 2.57 bits per heavy atom. The first-order valence-electron chi connectivity index (χ1n) is 6.80. The third-order valence-corrected chi connectivity index (χ3v) is 3.47. The van der Waals surface area contributed by atoms with E-state index in [2.05, 4.69) is 5.32 Å². The van der Waals surface area contributed by atoms with Crippen LogP contribution in [0.15, 0.2) is 18.2 Å². The summed E-state index contributed by atoms with van der Waals surface area (Å²) in [4.78, 5) is 21.6. The molecule has 1 aromatic rings. The Labute approximate surface area is 122 Å². The van der Waals surface area contributed by atoms with Crippen LogP contribution in [0.1, 0.15) is 37.0 Å². The second kappa shape index (κ2) is 7.68. The number of carbonyl (C=O) groups is 1. The van der Waals surface area contributed by atoms with Crippen molar-refractivity contribution in [3.8, 4) is 0 Å². The molecule has 0 aliphatic heterocycles. The van der Waals surface area contributed by atoms with Crippen molar-refractivity contribution >= 4 is 11.6 Å². The number of nitrogens with one attached hydrogen (secondary N) is 1. The van der Waals surface area contributed by atoms with Crippen molar-refractivity contribution in [1.29, 1.82) is 0 Å². The Hall–Kier alpha value is -2.02. The van der Waals surface area contributed by atoms with Gasteiger partial charge >= 0.3 is 5.69 Å². The van der Waals surface area contributed by atoms with E-state index in [9.17, 15) is 24.4 Å². The van der Waals surface area contributed by atoms with E-state index in [0.29, 0.717) is 0 Å². The first kappa shape index (κ1) is 17.0. The number of benzene rings is 1. The minimum Gasteiger partial charge on any atom is -0.391 e. The summed E-state index contributed by atoms with van der Waals surface area (Å²) in [6.07, 6.45) is 0.893. The fourth-order valence-corrected chi connectivity index (χ4v) is 2.09. The van der Waals surface area contributed by atoms with Gasteiger partial charge in [-0.15, -0.1) is 0 Å². The molecule has 0 radical (unpaired) electrons. The lowest BCUT2D eigenvalue weighted by atomic mass is 9.96. The van der Waals surface area contributed by atoms with Gasteiger partial charge < -0.3 is 10.4 Å². The summed E-state index contributed by atoms with van der Waals surface area (Å²) in [5, 5.41) is 23.0. The van der Waals surface area contributed by atoms with Gasteiger partial charge in [0.25, 0.3) is 5.91 Å². The maximum atomic E-state index is 13.2. The van der Waals surface area contributed by atoms with Crippen molar-refractivity contribution in [2.75, 3.05) is 6.54 Å². The van der Waals surface area contributed by atoms with Gasteiger partial charge in [-0.2, -0.15) is 4.39 Å². The van der Waals surface area contributed by atoms with Gasteiger partial charge in [-0.3, -0.25) is 14.9 Å². The molecular formula is C14H19FN2O4. The number of amides is 1. The molecule has 2 N–H and O–H groups in total. The van der Waals surface area contributed by atoms with E-state index in [1.54, 1.807) is 0 Å². The first-order chi connectivity index (χ1) is 9.90. The minimum atomic E-state index is -0.992. The Bertz CT molecular complexity index is 518. The third-order valence-electron chi connectivity index (χ3n) is 3.47. The van der Waals surface area contributed by atoms with Crippen molar-refractivity contribution in [3.63, 3.8) is 0 Å². The van der Waals surface area contributed by atoms with Crippen molar-refractivity contribution in [3.05, 3.63) is 39.7 Å². The van der Waals surface area contributed by atoms with Crippen LogP contribution in [0.3, 0.4) is 0 Å². The molecule has 6 nitrogen and oxygen atoms in total. The Balaban J connectivity index is 2.72. The number of aliphatic hydroxyl groups excluding tert-OH is 1. The average molecular weight is 298 g/mol. The van der Waals surface area contributed by atoms with Crippen LogP contribution in [0.2, 0.25) is 0 Å². The SMILES string of the molecule is CCC(CC)C(O)CNC(=O)c1ccc(F)c([N+](=O)[O-])c1. The van der Waals surface area contributed by atoms with Crippen LogP contribution in [0.5, 0.6) is 0 Å². The maximum absolute atomic E-state index is 13.2. The molecule has 1 unspecified atom stereocenters. The van der Waals surface area contributed by atoms with Crippen LogP contribution >= 0.6 is 0 Å². The van der Waals surface area contributed by atoms with E-state index in [0.717, 1.165) is 25.0 Å². The van der Waals surface area contributed by atoms with Crippen LogP contribution in [0.25, 0.3) is 0 Å². The normalized spacial score (nSPS) is 12.2. The fraction of sp³-hybridized carbons (Fsp3) is 0.500. The lowest BCUT2D eigenvalue weighted by molar-refractivity contribution is -0.387. The highest BCUT2D eigenvalue weighted by atomic mass is 19.1. The number of rotatable bonds is 7. The molecule has 1 atom stereocenters. The molecule has 21 heavy (non-hydrogen) atoms. The van der Waals surface area contributed by atoms with E-state index in [4.69, 9.17) is 0 Å². The lowest BCUT2D eigenvalue weighted by Crippen LogP contribution is -2.36. The molecule has 1 amide bonds. The van der Waals surface area contributed by atoms with Gasteiger partial charge in [-0.25, -0.2) is 0 Å². The molecule has 0 saturated heterocycles. The predicted octanol–water partition coefficient (Wildman–Crippen LogP) is 2.26. The number of aliphatic hydroxyl groups is 1. The van der Waals surface area contributed by atoms with Crippen molar-refractivity contribution in [2.45, 2.75) is 32.8 Å². The van der Waals surface area contributed by atoms with Crippen LogP contribution in [0.4, 0.5) is 10.1 Å². The number of hydrogen-bond acceptors (Lipinski definition) is 4. The summed E-state index contributed by atoms with van der Waals surface area (Å²) in [5.41, 5.74) is -0.761. The van der Waals surface area contributed by atoms with Gasteiger partial charge in [0, 0.05) is 18.2 Å². The van der Waals surface area contributed by atoms with Crippen LogP contribution < -0.4 is 5.32 Å². The summed E-state index contributed by atoms with van der Waals surface area (Å²) in [6, 6.07) is 2.93. The molecular weight excluding hydrogens is 279 g/mol. The molecule has 0 aliphatic rings. The largest absolute Gasteiger partial charge is 0.391 e. The summed E-state index contributed by atoms with van der Waals surface area (Å²) in [5.74, 6) is -1.50. The second-order valence-electron chi connectivity index (χ2n) is 4.78. The highest BCUT2D eigenvalue weighted by Gasteiger charge is 2.19. The van der Waals surface area contributed by atoms with Crippen LogP contribution in [0, 0.1) is 21.8 Å². The molecule has 0 aliphatic carbocycles. The molecule has 0 aromatic heterocycles. The number of hydrogen-bond donors (Lipinski definition) is 2. The highest BCUT2D eigenvalue weighted by molar-refractivity contribution is 5.94. The second-order valence-corrected chi connectivity index (χ2v) is 4.78. The molecule has 0 saturated carbocycles. The third kappa shape index (κ3) is 4.49. The fourth-order valence-electron chi connectivity index (χ4n) is 2.09. The number of nitrogens with zero attached hydrogens (tertiary/aromatic N) is 1. The summed E-state index contributed by atoms with van der Waals surface area (Å²) >= 11 is 0. The smallest absolute Gasteiger partial charge is 0.305 e. The van der Waals surface area contributed by atoms with E-state index >= 15 is 0 Å². The molecule has 0 fully saturated rings. The number of carbonyl (C=O) groups excluding carboxylic acids is 1. The minimum absolute atomic E-state index is 0.0140. The Kier molecular flexibility index (Phi) is 6.23. The monoisotopic (exact) mass is 298 g/mol. The lowest BCUT2D eigenvalue weighted by Gasteiger charge is -2.20. The molecule has 0 heterocycles. The quantitative estimate of drug-likeness (QED) is 0.596. The van der Waals surface area contributed by atoms with Gasteiger partial charge in [0.05, 0.1) is 11.0 Å². The molecule has 116 valence electrons. The van der Waals surface area contributed by atoms with Crippen molar-refractivity contribution in [1.82, 2.24) is 5.32 Å². The molecule has 7 heteroatoms. The summed E-state index contributed by atoms with van der Waals surface area (Å²) in [7, 11) is 0. The van der Waals surface area contributed by atoms with Crippen molar-refractivity contribution < 1.29 is 19.2 Å². The zero-order chi connectivity index (χ0) is 16.0. The van der Waals surface area contributed by atoms with Gasteiger partial charge in [0.2, 0.25) is 5.82 Å². The Morgan fingerprint density at radius 1 is 1.43 bits per heavy atom. The van der Waals surface area contributed by atoms with Gasteiger partial charge in [-0.05, 0) is 18.1 Å². The zero-order valence-corrected chi connectivity index (χ0v) is 12.0. The Morgan fingerprint density at radius 2 is 2.05 bits per heavy atom. The number of nitro benzene ring substituents is 1. The van der Waals surface area contributed by atoms with Gasteiger partial charge in [0.1, 0.15) is 0 Å². The number of halogens is 1. The van der Waals surface area contributed by atoms with E-state index in [-0.39, 0.29) is 18.0 Å².